The van der Waals surface area contributed by atoms with Gasteiger partial charge in [-0.1, -0.05) is 60.7 Å². The third-order valence-electron chi connectivity index (χ3n) is 5.07. The number of nitrogens with one attached hydrogen (secondary N) is 1. The molecule has 3 aromatic carbocycles. The van der Waals surface area contributed by atoms with E-state index >= 15 is 0 Å². The third kappa shape index (κ3) is 7.45. The third-order valence-corrected chi connectivity index (χ3v) is 5.07. The lowest BCUT2D eigenvalue weighted by molar-refractivity contribution is -0.143. The molecule has 1 atom stereocenters. The first-order valence-electron chi connectivity index (χ1n) is 11.0. The van der Waals surface area contributed by atoms with Gasteiger partial charge in [0.1, 0.15) is 17.6 Å². The molecule has 5 nitrogen and oxygen atoms in total. The van der Waals surface area contributed by atoms with E-state index in [4.69, 9.17) is 4.74 Å². The largest absolute Gasteiger partial charge is 0.484 e. The van der Waals surface area contributed by atoms with Crippen molar-refractivity contribution in [2.75, 3.05) is 6.61 Å². The Hall–Kier alpha value is -3.67. The zero-order valence-electron chi connectivity index (χ0n) is 18.9. The molecule has 0 aromatic heterocycles. The summed E-state index contributed by atoms with van der Waals surface area (Å²) in [6, 6.07) is 23.7. The van der Waals surface area contributed by atoms with Crippen LogP contribution < -0.4 is 10.1 Å². The van der Waals surface area contributed by atoms with Crippen molar-refractivity contribution in [3.05, 3.63) is 102 Å². The van der Waals surface area contributed by atoms with Gasteiger partial charge in [-0.25, -0.2) is 4.39 Å². The molecule has 33 heavy (non-hydrogen) atoms. The molecule has 0 spiro atoms. The number of para-hydroxylation sites is 1. The molecule has 0 aliphatic heterocycles. The molecular weight excluding hydrogens is 419 g/mol. The molecule has 0 bridgehead atoms. The fourth-order valence-electron chi connectivity index (χ4n) is 3.47. The molecule has 1 N–H and O–H groups in total. The molecule has 172 valence electrons. The first kappa shape index (κ1) is 24.0. The van der Waals surface area contributed by atoms with Crippen LogP contribution in [-0.2, 0) is 22.6 Å². The standard InChI is InChI=1S/C27H29FN2O3/c1-20(2)29-27(32)25(17-21-9-5-3-6-10-21)30(18-22-13-15-23(28)16-14-22)26(31)19-33-24-11-7-4-8-12-24/h3-16,20,25H,17-19H2,1-2H3,(H,29,32)/t25-/m0/s1. The van der Waals surface area contributed by atoms with Gasteiger partial charge >= 0.3 is 0 Å². The number of amides is 2. The Bertz CT molecular complexity index is 1020. The van der Waals surface area contributed by atoms with E-state index in [2.05, 4.69) is 5.32 Å². The normalized spacial score (nSPS) is 11.6. The van der Waals surface area contributed by atoms with E-state index in [-0.39, 0.29) is 36.8 Å². The summed E-state index contributed by atoms with van der Waals surface area (Å²) in [6.07, 6.45) is 0.345. The number of rotatable bonds is 10. The monoisotopic (exact) mass is 448 g/mol. The highest BCUT2D eigenvalue weighted by Gasteiger charge is 2.31. The average molecular weight is 449 g/mol. The molecule has 0 aliphatic rings. The van der Waals surface area contributed by atoms with Crippen LogP contribution in [0.2, 0.25) is 0 Å². The summed E-state index contributed by atoms with van der Waals surface area (Å²) in [7, 11) is 0. The van der Waals surface area contributed by atoms with Gasteiger partial charge in [0.15, 0.2) is 6.61 Å². The van der Waals surface area contributed by atoms with Crippen molar-refractivity contribution in [2.45, 2.75) is 38.9 Å². The highest BCUT2D eigenvalue weighted by Crippen LogP contribution is 2.17. The summed E-state index contributed by atoms with van der Waals surface area (Å²) in [5.74, 6) is -0.367. The minimum atomic E-state index is -0.758. The van der Waals surface area contributed by atoms with Gasteiger partial charge in [0.25, 0.3) is 5.91 Å². The van der Waals surface area contributed by atoms with Gasteiger partial charge in [-0.3, -0.25) is 9.59 Å². The molecule has 0 heterocycles. The van der Waals surface area contributed by atoms with Crippen molar-refractivity contribution in [2.24, 2.45) is 0 Å². The van der Waals surface area contributed by atoms with Crippen molar-refractivity contribution >= 4 is 11.8 Å². The van der Waals surface area contributed by atoms with E-state index < -0.39 is 6.04 Å². The first-order chi connectivity index (χ1) is 15.9. The molecule has 0 radical (unpaired) electrons. The summed E-state index contributed by atoms with van der Waals surface area (Å²) in [5, 5.41) is 2.93. The van der Waals surface area contributed by atoms with Crippen LogP contribution in [0, 0.1) is 5.82 Å². The second kappa shape index (κ2) is 11.8. The van der Waals surface area contributed by atoms with Crippen molar-refractivity contribution in [1.29, 1.82) is 0 Å². The lowest BCUT2D eigenvalue weighted by atomic mass is 10.0. The molecule has 0 fully saturated rings. The smallest absolute Gasteiger partial charge is 0.261 e. The van der Waals surface area contributed by atoms with Gasteiger partial charge in [0, 0.05) is 19.0 Å². The van der Waals surface area contributed by atoms with Crippen molar-refractivity contribution in [3.63, 3.8) is 0 Å². The Labute approximate surface area is 194 Å². The number of ether oxygens (including phenoxy) is 1. The highest BCUT2D eigenvalue weighted by atomic mass is 19.1. The van der Waals surface area contributed by atoms with Crippen molar-refractivity contribution in [3.8, 4) is 5.75 Å². The summed E-state index contributed by atoms with van der Waals surface area (Å²) >= 11 is 0. The van der Waals surface area contributed by atoms with Gasteiger partial charge in [0.2, 0.25) is 5.91 Å². The van der Waals surface area contributed by atoms with Crippen LogP contribution in [-0.4, -0.2) is 35.4 Å². The number of hydrogen-bond donors (Lipinski definition) is 1. The van der Waals surface area contributed by atoms with Gasteiger partial charge in [-0.05, 0) is 49.2 Å². The lowest BCUT2D eigenvalue weighted by Gasteiger charge is -2.32. The molecule has 0 saturated carbocycles. The molecule has 0 saturated heterocycles. The van der Waals surface area contributed by atoms with Crippen molar-refractivity contribution < 1.29 is 18.7 Å². The highest BCUT2D eigenvalue weighted by molar-refractivity contribution is 5.88. The molecule has 2 amide bonds. The van der Waals surface area contributed by atoms with Crippen LogP contribution in [0.4, 0.5) is 4.39 Å². The second-order valence-electron chi connectivity index (χ2n) is 8.12. The molecule has 3 aromatic rings. The Morgan fingerprint density at radius 3 is 2.09 bits per heavy atom. The quantitative estimate of drug-likeness (QED) is 0.501. The maximum atomic E-state index is 13.4. The Morgan fingerprint density at radius 2 is 1.48 bits per heavy atom. The number of carbonyl (C=O) groups is 2. The summed E-state index contributed by atoms with van der Waals surface area (Å²) in [6.45, 7) is 3.69. The van der Waals surface area contributed by atoms with Gasteiger partial charge in [-0.2, -0.15) is 0 Å². The zero-order chi connectivity index (χ0) is 23.6. The van der Waals surface area contributed by atoms with Crippen molar-refractivity contribution in [1.82, 2.24) is 10.2 Å². The predicted molar refractivity (Wildman–Crippen MR) is 126 cm³/mol. The SMILES string of the molecule is CC(C)NC(=O)[C@H](Cc1ccccc1)N(Cc1ccc(F)cc1)C(=O)COc1ccccc1. The number of hydrogen-bond acceptors (Lipinski definition) is 3. The van der Waals surface area contributed by atoms with E-state index in [1.807, 2.05) is 62.4 Å². The van der Waals surface area contributed by atoms with E-state index in [9.17, 15) is 14.0 Å². The van der Waals surface area contributed by atoms with Crippen LogP contribution in [0.15, 0.2) is 84.9 Å². The van der Waals surface area contributed by atoms with Crippen LogP contribution >= 0.6 is 0 Å². The van der Waals surface area contributed by atoms with Gasteiger partial charge < -0.3 is 15.0 Å². The first-order valence-corrected chi connectivity index (χ1v) is 11.0. The van der Waals surface area contributed by atoms with Crippen LogP contribution in [0.1, 0.15) is 25.0 Å². The molecule has 0 aliphatic carbocycles. The average Bonchev–Trinajstić information content (AvgIpc) is 2.82. The van der Waals surface area contributed by atoms with E-state index in [0.717, 1.165) is 11.1 Å². The zero-order valence-corrected chi connectivity index (χ0v) is 18.9. The summed E-state index contributed by atoms with van der Waals surface area (Å²) < 4.78 is 19.1. The fraction of sp³-hybridized carbons (Fsp3) is 0.259. The lowest BCUT2D eigenvalue weighted by Crippen LogP contribution is -2.52. The van der Waals surface area contributed by atoms with E-state index in [0.29, 0.717) is 12.2 Å². The van der Waals surface area contributed by atoms with E-state index in [1.54, 1.807) is 24.3 Å². The number of halogens is 1. The van der Waals surface area contributed by atoms with Gasteiger partial charge in [0.05, 0.1) is 0 Å². The van der Waals surface area contributed by atoms with Gasteiger partial charge in [-0.15, -0.1) is 0 Å². The number of benzene rings is 3. The maximum absolute atomic E-state index is 13.4. The molecule has 0 unspecified atom stereocenters. The summed E-state index contributed by atoms with van der Waals surface area (Å²) in [4.78, 5) is 28.1. The topological polar surface area (TPSA) is 58.6 Å². The summed E-state index contributed by atoms with van der Waals surface area (Å²) in [5.41, 5.74) is 1.65. The Kier molecular flexibility index (Phi) is 8.58. The Balaban J connectivity index is 1.89. The van der Waals surface area contributed by atoms with Crippen LogP contribution in [0.25, 0.3) is 0 Å². The fourth-order valence-corrected chi connectivity index (χ4v) is 3.47. The maximum Gasteiger partial charge on any atom is 0.261 e. The van der Waals surface area contributed by atoms with Crippen LogP contribution in [0.5, 0.6) is 5.75 Å². The Morgan fingerprint density at radius 1 is 0.879 bits per heavy atom. The predicted octanol–water partition coefficient (Wildman–Crippen LogP) is 4.37. The number of nitrogens with zero attached hydrogens (tertiary/aromatic N) is 1. The second-order valence-corrected chi connectivity index (χ2v) is 8.12. The minimum absolute atomic E-state index is 0.0842. The minimum Gasteiger partial charge on any atom is -0.484 e. The van der Waals surface area contributed by atoms with Crippen LogP contribution in [0.3, 0.4) is 0 Å². The van der Waals surface area contributed by atoms with E-state index in [1.165, 1.54) is 17.0 Å². The number of carbonyl (C=O) groups excluding carboxylic acids is 2. The molecular formula is C27H29FN2O3. The molecule has 3 rings (SSSR count). The molecule has 6 heteroatoms.